The van der Waals surface area contributed by atoms with E-state index in [-0.39, 0.29) is 18.3 Å². The van der Waals surface area contributed by atoms with E-state index >= 15 is 0 Å². The molecule has 1 heterocycles. The fourth-order valence-corrected chi connectivity index (χ4v) is 2.94. The third kappa shape index (κ3) is 7.53. The Bertz CT molecular complexity index is 353. The molecule has 5 nitrogen and oxygen atoms in total. The molecule has 1 aliphatic heterocycles. The van der Waals surface area contributed by atoms with E-state index < -0.39 is 5.60 Å². The smallest absolute Gasteiger partial charge is 0.410 e. The summed E-state index contributed by atoms with van der Waals surface area (Å²) in [4.78, 5) is 14.1. The second-order valence-corrected chi connectivity index (χ2v) is 7.53. The standard InChI is InChI=1S/C18H35NO4/c1-5-18(22-14-9-7-6-8-13-20)11-10-12-19(15-18)16(21)23-17(2,3)4/h20H,5-15H2,1-4H3. The summed E-state index contributed by atoms with van der Waals surface area (Å²) in [5.74, 6) is 0. The highest BCUT2D eigenvalue weighted by Crippen LogP contribution is 2.29. The number of hydrogen-bond acceptors (Lipinski definition) is 4. The molecule has 1 unspecified atom stereocenters. The van der Waals surface area contributed by atoms with Crippen LogP contribution < -0.4 is 0 Å². The van der Waals surface area contributed by atoms with E-state index in [2.05, 4.69) is 6.92 Å². The summed E-state index contributed by atoms with van der Waals surface area (Å²) >= 11 is 0. The second-order valence-electron chi connectivity index (χ2n) is 7.53. The lowest BCUT2D eigenvalue weighted by Crippen LogP contribution is -2.52. The fourth-order valence-electron chi connectivity index (χ4n) is 2.94. The van der Waals surface area contributed by atoms with Gasteiger partial charge in [0.2, 0.25) is 0 Å². The molecular weight excluding hydrogens is 294 g/mol. The molecule has 1 fully saturated rings. The van der Waals surface area contributed by atoms with Crippen LogP contribution in [-0.4, -0.2) is 53.6 Å². The van der Waals surface area contributed by atoms with Gasteiger partial charge in [-0.25, -0.2) is 4.79 Å². The van der Waals surface area contributed by atoms with Gasteiger partial charge in [0.05, 0.1) is 12.1 Å². The van der Waals surface area contributed by atoms with Gasteiger partial charge in [0, 0.05) is 19.8 Å². The number of piperidine rings is 1. The number of likely N-dealkylation sites (tertiary alicyclic amines) is 1. The molecule has 0 spiro atoms. The zero-order valence-electron chi connectivity index (χ0n) is 15.4. The van der Waals surface area contributed by atoms with Crippen molar-refractivity contribution in [2.45, 2.75) is 83.8 Å². The number of unbranched alkanes of at least 4 members (excludes halogenated alkanes) is 3. The third-order valence-electron chi connectivity index (χ3n) is 4.30. The zero-order valence-corrected chi connectivity index (χ0v) is 15.4. The summed E-state index contributed by atoms with van der Waals surface area (Å²) in [6, 6.07) is 0. The highest BCUT2D eigenvalue weighted by molar-refractivity contribution is 5.68. The molecule has 0 bridgehead atoms. The molecule has 0 aromatic carbocycles. The monoisotopic (exact) mass is 329 g/mol. The third-order valence-corrected chi connectivity index (χ3v) is 4.30. The first-order chi connectivity index (χ1) is 10.8. The molecule has 23 heavy (non-hydrogen) atoms. The highest BCUT2D eigenvalue weighted by atomic mass is 16.6. The van der Waals surface area contributed by atoms with Crippen molar-refractivity contribution in [3.8, 4) is 0 Å². The number of ether oxygens (including phenoxy) is 2. The molecule has 1 rings (SSSR count). The largest absolute Gasteiger partial charge is 0.444 e. The van der Waals surface area contributed by atoms with Gasteiger partial charge in [0.1, 0.15) is 5.60 Å². The number of nitrogens with zero attached hydrogens (tertiary/aromatic N) is 1. The van der Waals surface area contributed by atoms with E-state index in [9.17, 15) is 4.79 Å². The zero-order chi connectivity index (χ0) is 17.3. The van der Waals surface area contributed by atoms with Crippen LogP contribution in [0.5, 0.6) is 0 Å². The van der Waals surface area contributed by atoms with Gasteiger partial charge in [-0.1, -0.05) is 19.8 Å². The van der Waals surface area contributed by atoms with E-state index in [0.717, 1.165) is 58.1 Å². The Morgan fingerprint density at radius 1 is 1.22 bits per heavy atom. The molecular formula is C18H35NO4. The molecule has 0 saturated carbocycles. The Labute approximate surface area is 141 Å². The van der Waals surface area contributed by atoms with Crippen LogP contribution >= 0.6 is 0 Å². The Hall–Kier alpha value is -0.810. The van der Waals surface area contributed by atoms with E-state index in [1.807, 2.05) is 20.8 Å². The number of amides is 1. The lowest BCUT2D eigenvalue weighted by molar-refractivity contribution is -0.0941. The Balaban J connectivity index is 2.46. The maximum absolute atomic E-state index is 12.3. The van der Waals surface area contributed by atoms with Crippen LogP contribution in [0.3, 0.4) is 0 Å². The van der Waals surface area contributed by atoms with Gasteiger partial charge < -0.3 is 19.5 Å². The average molecular weight is 329 g/mol. The predicted octanol–water partition coefficient (Wildman–Crippen LogP) is 3.74. The van der Waals surface area contributed by atoms with Gasteiger partial charge in [-0.3, -0.25) is 0 Å². The molecule has 0 aromatic rings. The molecule has 1 N–H and O–H groups in total. The van der Waals surface area contributed by atoms with Crippen molar-refractivity contribution in [2.24, 2.45) is 0 Å². The van der Waals surface area contributed by atoms with Crippen LogP contribution in [0.15, 0.2) is 0 Å². The minimum Gasteiger partial charge on any atom is -0.444 e. The van der Waals surface area contributed by atoms with Crippen LogP contribution in [-0.2, 0) is 9.47 Å². The Morgan fingerprint density at radius 3 is 2.52 bits per heavy atom. The van der Waals surface area contributed by atoms with Crippen molar-refractivity contribution >= 4 is 6.09 Å². The lowest BCUT2D eigenvalue weighted by Gasteiger charge is -2.42. The van der Waals surface area contributed by atoms with Crippen LogP contribution in [0.4, 0.5) is 4.79 Å². The number of carbonyl (C=O) groups is 1. The molecule has 1 atom stereocenters. The molecule has 5 heteroatoms. The number of aliphatic hydroxyl groups is 1. The minimum absolute atomic E-state index is 0.230. The Morgan fingerprint density at radius 2 is 1.91 bits per heavy atom. The van der Waals surface area contributed by atoms with Crippen molar-refractivity contribution in [1.82, 2.24) is 4.90 Å². The molecule has 136 valence electrons. The van der Waals surface area contributed by atoms with Gasteiger partial charge in [-0.15, -0.1) is 0 Å². The predicted molar refractivity (Wildman–Crippen MR) is 91.6 cm³/mol. The summed E-state index contributed by atoms with van der Waals surface area (Å²) in [7, 11) is 0. The molecule has 0 aliphatic carbocycles. The number of hydrogen-bond donors (Lipinski definition) is 1. The quantitative estimate of drug-likeness (QED) is 0.689. The van der Waals surface area contributed by atoms with Crippen LogP contribution in [0, 0.1) is 0 Å². The molecule has 0 radical (unpaired) electrons. The molecule has 1 aliphatic rings. The van der Waals surface area contributed by atoms with E-state index in [4.69, 9.17) is 14.6 Å². The normalized spacial score (nSPS) is 22.2. The summed E-state index contributed by atoms with van der Waals surface area (Å²) in [5, 5.41) is 8.79. The topological polar surface area (TPSA) is 59.0 Å². The second kappa shape index (κ2) is 9.48. The maximum atomic E-state index is 12.3. The highest BCUT2D eigenvalue weighted by Gasteiger charge is 2.37. The molecule has 1 amide bonds. The summed E-state index contributed by atoms with van der Waals surface area (Å²) in [5.41, 5.74) is -0.691. The van der Waals surface area contributed by atoms with Gasteiger partial charge in [0.25, 0.3) is 0 Å². The summed E-state index contributed by atoms with van der Waals surface area (Å²) in [6.07, 6.45) is 6.63. The summed E-state index contributed by atoms with van der Waals surface area (Å²) in [6.45, 7) is 10.2. The van der Waals surface area contributed by atoms with Crippen molar-refractivity contribution < 1.29 is 19.4 Å². The number of rotatable bonds is 8. The van der Waals surface area contributed by atoms with Crippen LogP contribution in [0.2, 0.25) is 0 Å². The fraction of sp³-hybridized carbons (Fsp3) is 0.944. The van der Waals surface area contributed by atoms with Crippen molar-refractivity contribution in [2.75, 3.05) is 26.3 Å². The lowest BCUT2D eigenvalue weighted by atomic mass is 9.90. The maximum Gasteiger partial charge on any atom is 0.410 e. The minimum atomic E-state index is -0.461. The first-order valence-electron chi connectivity index (χ1n) is 9.05. The SMILES string of the molecule is CCC1(OCCCCCCO)CCCN(C(=O)OC(C)(C)C)C1. The van der Waals surface area contributed by atoms with Gasteiger partial charge in [0.15, 0.2) is 0 Å². The average Bonchev–Trinajstić information content (AvgIpc) is 2.49. The van der Waals surface area contributed by atoms with Crippen LogP contribution in [0.25, 0.3) is 0 Å². The van der Waals surface area contributed by atoms with Crippen molar-refractivity contribution in [1.29, 1.82) is 0 Å². The molecule has 0 aromatic heterocycles. The van der Waals surface area contributed by atoms with Crippen molar-refractivity contribution in [3.63, 3.8) is 0 Å². The van der Waals surface area contributed by atoms with Crippen molar-refractivity contribution in [3.05, 3.63) is 0 Å². The first kappa shape index (κ1) is 20.2. The van der Waals surface area contributed by atoms with Gasteiger partial charge in [-0.2, -0.15) is 0 Å². The van der Waals surface area contributed by atoms with Gasteiger partial charge in [-0.05, 0) is 52.9 Å². The number of carbonyl (C=O) groups excluding carboxylic acids is 1. The first-order valence-corrected chi connectivity index (χ1v) is 9.05. The van der Waals surface area contributed by atoms with E-state index in [1.165, 1.54) is 0 Å². The Kier molecular flexibility index (Phi) is 8.34. The van der Waals surface area contributed by atoms with Gasteiger partial charge >= 0.3 is 6.09 Å². The molecule has 1 saturated heterocycles. The van der Waals surface area contributed by atoms with Crippen LogP contribution in [0.1, 0.15) is 72.6 Å². The van der Waals surface area contributed by atoms with E-state index in [1.54, 1.807) is 4.90 Å². The van der Waals surface area contributed by atoms with E-state index in [0.29, 0.717) is 6.54 Å². The number of aliphatic hydroxyl groups excluding tert-OH is 1. The summed E-state index contributed by atoms with van der Waals surface area (Å²) < 4.78 is 11.7.